The van der Waals surface area contributed by atoms with Crippen molar-refractivity contribution >= 4 is 39.9 Å². The van der Waals surface area contributed by atoms with E-state index in [0.717, 1.165) is 16.2 Å². The lowest BCUT2D eigenvalue weighted by molar-refractivity contribution is -0.132. The van der Waals surface area contributed by atoms with Crippen LogP contribution in [0.15, 0.2) is 48.0 Å². The molecule has 1 N–H and O–H groups in total. The fraction of sp³-hybridized carbons (Fsp3) is 0.231. The summed E-state index contributed by atoms with van der Waals surface area (Å²) < 4.78 is 24.6. The number of thiazole rings is 1. The van der Waals surface area contributed by atoms with Gasteiger partial charge in [-0.25, -0.2) is 14.2 Å². The summed E-state index contributed by atoms with van der Waals surface area (Å²) in [5.74, 6) is -2.94. The molecule has 3 aromatic rings. The van der Waals surface area contributed by atoms with Gasteiger partial charge in [0.25, 0.3) is 5.78 Å². The van der Waals surface area contributed by atoms with Gasteiger partial charge in [-0.05, 0) is 62.2 Å². The SMILES string of the molecule is CCOC(=O)c1sc(N2C(=O)C(=O)/C(=C(/O)c3ccc(OC)c(C)c3)C2c2cccc(F)c2)nc1C. The number of ketones is 1. The molecule has 36 heavy (non-hydrogen) atoms. The second-order valence-electron chi connectivity index (χ2n) is 8.04. The van der Waals surface area contributed by atoms with Crippen molar-refractivity contribution in [3.8, 4) is 5.75 Å². The first kappa shape index (κ1) is 25.1. The molecule has 0 bridgehead atoms. The highest BCUT2D eigenvalue weighted by Crippen LogP contribution is 2.44. The normalized spacial score (nSPS) is 16.9. The maximum Gasteiger partial charge on any atom is 0.350 e. The molecule has 1 aliphatic heterocycles. The van der Waals surface area contributed by atoms with Gasteiger partial charge in [0, 0.05) is 5.56 Å². The number of aliphatic hydroxyl groups is 1. The summed E-state index contributed by atoms with van der Waals surface area (Å²) in [5.41, 5.74) is 1.34. The summed E-state index contributed by atoms with van der Waals surface area (Å²) in [6.07, 6.45) is 0. The number of carbonyl (C=O) groups excluding carboxylic acids is 3. The highest BCUT2D eigenvalue weighted by Gasteiger charge is 2.48. The predicted molar refractivity (Wildman–Crippen MR) is 132 cm³/mol. The molecule has 2 aromatic carbocycles. The Hall–Kier alpha value is -4.05. The van der Waals surface area contributed by atoms with E-state index < -0.39 is 35.3 Å². The number of aryl methyl sites for hydroxylation is 2. The molecule has 1 aromatic heterocycles. The molecule has 0 aliphatic carbocycles. The van der Waals surface area contributed by atoms with Crippen LogP contribution in [0.5, 0.6) is 5.75 Å². The Morgan fingerprint density at radius 3 is 2.58 bits per heavy atom. The van der Waals surface area contributed by atoms with Crippen LogP contribution in [-0.4, -0.2) is 41.5 Å². The predicted octanol–water partition coefficient (Wildman–Crippen LogP) is 4.71. The lowest BCUT2D eigenvalue weighted by atomic mass is 9.95. The van der Waals surface area contributed by atoms with Crippen LogP contribution < -0.4 is 9.64 Å². The van der Waals surface area contributed by atoms with Crippen LogP contribution in [0.4, 0.5) is 9.52 Å². The van der Waals surface area contributed by atoms with Crippen LogP contribution in [0.1, 0.15) is 45.0 Å². The number of rotatable bonds is 6. The average molecular weight is 511 g/mol. The topological polar surface area (TPSA) is 106 Å². The van der Waals surface area contributed by atoms with Crippen LogP contribution in [0.25, 0.3) is 5.76 Å². The minimum Gasteiger partial charge on any atom is -0.507 e. The minimum absolute atomic E-state index is 0.0527. The fourth-order valence-corrected chi connectivity index (χ4v) is 5.06. The molecular weight excluding hydrogens is 487 g/mol. The Labute approximate surface area is 210 Å². The van der Waals surface area contributed by atoms with E-state index in [1.165, 1.54) is 25.3 Å². The lowest BCUT2D eigenvalue weighted by Gasteiger charge is -2.23. The summed E-state index contributed by atoms with van der Waals surface area (Å²) in [6, 6.07) is 9.04. The number of amides is 1. The zero-order valence-corrected chi connectivity index (χ0v) is 20.8. The molecule has 4 rings (SSSR count). The molecule has 8 nitrogen and oxygen atoms in total. The maximum absolute atomic E-state index is 14.2. The molecule has 1 fully saturated rings. The third-order valence-corrected chi connectivity index (χ3v) is 6.87. The summed E-state index contributed by atoms with van der Waals surface area (Å²) in [7, 11) is 1.51. The van der Waals surface area contributed by atoms with Crippen molar-refractivity contribution in [1.82, 2.24) is 4.98 Å². The van der Waals surface area contributed by atoms with Crippen LogP contribution in [0, 0.1) is 19.7 Å². The molecule has 0 spiro atoms. The summed E-state index contributed by atoms with van der Waals surface area (Å²) >= 11 is 0.883. The molecule has 1 saturated heterocycles. The molecule has 186 valence electrons. The van der Waals surface area contributed by atoms with Crippen LogP contribution in [0.3, 0.4) is 0 Å². The van der Waals surface area contributed by atoms with Crippen molar-refractivity contribution in [2.24, 2.45) is 0 Å². The van der Waals surface area contributed by atoms with Gasteiger partial charge in [-0.3, -0.25) is 14.5 Å². The molecule has 0 radical (unpaired) electrons. The van der Waals surface area contributed by atoms with Gasteiger partial charge in [0.05, 0.1) is 31.0 Å². The smallest absolute Gasteiger partial charge is 0.350 e. The third kappa shape index (κ3) is 4.35. The van der Waals surface area contributed by atoms with Gasteiger partial charge in [-0.1, -0.05) is 23.5 Å². The third-order valence-electron chi connectivity index (χ3n) is 5.73. The largest absolute Gasteiger partial charge is 0.507 e. The number of ether oxygens (including phenoxy) is 2. The molecule has 2 heterocycles. The Bertz CT molecular complexity index is 1410. The monoisotopic (exact) mass is 510 g/mol. The van der Waals surface area contributed by atoms with Gasteiger partial charge in [0.1, 0.15) is 22.2 Å². The van der Waals surface area contributed by atoms with E-state index in [-0.39, 0.29) is 33.3 Å². The number of aromatic nitrogens is 1. The first-order valence-corrected chi connectivity index (χ1v) is 11.9. The number of Topliss-reactive ketones (excluding diaryl/α,β-unsaturated/α-hetero) is 1. The van der Waals surface area contributed by atoms with Crippen molar-refractivity contribution < 1.29 is 33.4 Å². The van der Waals surface area contributed by atoms with Gasteiger partial charge < -0.3 is 14.6 Å². The van der Waals surface area contributed by atoms with Crippen molar-refractivity contribution in [2.75, 3.05) is 18.6 Å². The second kappa shape index (κ2) is 9.90. The molecule has 10 heteroatoms. The standard InChI is InChI=1S/C26H23FN2O6S/c1-5-35-25(33)23-14(3)28-26(36-23)29-20(15-7-6-8-17(27)12-15)19(22(31)24(29)32)21(30)16-9-10-18(34-4)13(2)11-16/h6-12,20,30H,5H2,1-4H3/b21-19+. The minimum atomic E-state index is -1.18. The van der Waals surface area contributed by atoms with E-state index in [1.807, 2.05) is 0 Å². The Kier molecular flexibility index (Phi) is 6.89. The maximum atomic E-state index is 14.2. The summed E-state index contributed by atoms with van der Waals surface area (Å²) in [5, 5.41) is 11.3. The van der Waals surface area contributed by atoms with Crippen LogP contribution in [0.2, 0.25) is 0 Å². The van der Waals surface area contributed by atoms with Crippen LogP contribution in [-0.2, 0) is 14.3 Å². The number of hydrogen-bond donors (Lipinski definition) is 1. The zero-order valence-electron chi connectivity index (χ0n) is 20.0. The molecule has 1 aliphatic rings. The van der Waals surface area contributed by atoms with E-state index >= 15 is 0 Å². The second-order valence-corrected chi connectivity index (χ2v) is 9.02. The first-order chi connectivity index (χ1) is 17.2. The molecule has 0 saturated carbocycles. The summed E-state index contributed by atoms with van der Waals surface area (Å²) in [4.78, 5) is 44.5. The van der Waals surface area contributed by atoms with Crippen molar-refractivity contribution in [1.29, 1.82) is 0 Å². The van der Waals surface area contributed by atoms with Gasteiger partial charge in [0.2, 0.25) is 0 Å². The van der Waals surface area contributed by atoms with Gasteiger partial charge in [0.15, 0.2) is 5.13 Å². The van der Waals surface area contributed by atoms with E-state index in [0.29, 0.717) is 17.0 Å². The van der Waals surface area contributed by atoms with Crippen molar-refractivity contribution in [2.45, 2.75) is 26.8 Å². The number of carbonyl (C=O) groups is 3. The van der Waals surface area contributed by atoms with Crippen LogP contribution >= 0.6 is 11.3 Å². The summed E-state index contributed by atoms with van der Waals surface area (Å²) in [6.45, 7) is 5.17. The Balaban J connectivity index is 1.92. The average Bonchev–Trinajstić information content (AvgIpc) is 3.35. The number of aliphatic hydroxyl groups excluding tert-OH is 1. The van der Waals surface area contributed by atoms with E-state index in [4.69, 9.17) is 9.47 Å². The number of nitrogens with zero attached hydrogens (tertiary/aromatic N) is 2. The number of benzene rings is 2. The number of anilines is 1. The highest BCUT2D eigenvalue weighted by atomic mass is 32.1. The molecule has 1 unspecified atom stereocenters. The Morgan fingerprint density at radius 2 is 1.94 bits per heavy atom. The number of esters is 1. The van der Waals surface area contributed by atoms with Gasteiger partial charge >= 0.3 is 11.9 Å². The number of halogens is 1. The Morgan fingerprint density at radius 1 is 1.19 bits per heavy atom. The molecular formula is C26H23FN2O6S. The fourth-order valence-electron chi connectivity index (χ4n) is 4.07. The first-order valence-electron chi connectivity index (χ1n) is 11.0. The van der Waals surface area contributed by atoms with Crippen molar-refractivity contribution in [3.63, 3.8) is 0 Å². The van der Waals surface area contributed by atoms with E-state index in [9.17, 15) is 23.9 Å². The molecule has 1 amide bonds. The number of hydrogen-bond acceptors (Lipinski definition) is 8. The zero-order chi connectivity index (χ0) is 26.1. The van der Waals surface area contributed by atoms with E-state index in [2.05, 4.69) is 4.98 Å². The van der Waals surface area contributed by atoms with Gasteiger partial charge in [-0.2, -0.15) is 0 Å². The van der Waals surface area contributed by atoms with Crippen molar-refractivity contribution in [3.05, 3.63) is 81.1 Å². The molecule has 1 atom stereocenters. The van der Waals surface area contributed by atoms with Gasteiger partial charge in [-0.15, -0.1) is 0 Å². The van der Waals surface area contributed by atoms with E-state index in [1.54, 1.807) is 45.0 Å². The quantitative estimate of drug-likeness (QED) is 0.222. The lowest BCUT2D eigenvalue weighted by Crippen LogP contribution is -2.29. The highest BCUT2D eigenvalue weighted by molar-refractivity contribution is 7.17. The number of methoxy groups -OCH3 is 1.